The van der Waals surface area contributed by atoms with E-state index >= 15 is 0 Å². The van der Waals surface area contributed by atoms with Crippen molar-refractivity contribution in [3.05, 3.63) is 88.2 Å². The van der Waals surface area contributed by atoms with E-state index in [4.69, 9.17) is 8.92 Å². The first-order valence-corrected chi connectivity index (χ1v) is 12.0. The van der Waals surface area contributed by atoms with Crippen molar-refractivity contribution < 1.29 is 21.7 Å². The first kappa shape index (κ1) is 21.0. The topological polar surface area (TPSA) is 55.8 Å². The van der Waals surface area contributed by atoms with Crippen molar-refractivity contribution in [1.82, 2.24) is 4.90 Å². The molecule has 2 aliphatic rings. The van der Waals surface area contributed by atoms with E-state index in [2.05, 4.69) is 17.0 Å². The van der Waals surface area contributed by atoms with Gasteiger partial charge < -0.3 is 8.92 Å². The smallest absolute Gasteiger partial charge is 0.339 e. The SMILES string of the molecule is COc1ccc2c(c1)CCN1Cc3c(ccc(OS(=O)(=O)c4cccc(F)c4)c3C)CC21. The van der Waals surface area contributed by atoms with Crippen LogP contribution in [0.4, 0.5) is 4.39 Å². The Bertz CT molecular complexity index is 1310. The predicted molar refractivity (Wildman–Crippen MR) is 119 cm³/mol. The third-order valence-corrected chi connectivity index (χ3v) is 7.75. The molecule has 1 atom stereocenters. The molecule has 0 radical (unpaired) electrons. The molecule has 0 fully saturated rings. The lowest BCUT2D eigenvalue weighted by Gasteiger charge is -2.42. The minimum absolute atomic E-state index is 0.197. The Morgan fingerprint density at radius 1 is 1.06 bits per heavy atom. The van der Waals surface area contributed by atoms with Gasteiger partial charge in [-0.2, -0.15) is 8.42 Å². The number of benzene rings is 3. The zero-order valence-corrected chi connectivity index (χ0v) is 18.8. The van der Waals surface area contributed by atoms with Gasteiger partial charge in [0.2, 0.25) is 0 Å². The van der Waals surface area contributed by atoms with Crippen molar-refractivity contribution in [1.29, 1.82) is 0 Å². The van der Waals surface area contributed by atoms with Crippen LogP contribution in [-0.2, 0) is 29.5 Å². The summed E-state index contributed by atoms with van der Waals surface area (Å²) in [5.74, 6) is 0.546. The van der Waals surface area contributed by atoms with Crippen molar-refractivity contribution in [3.63, 3.8) is 0 Å². The Morgan fingerprint density at radius 3 is 2.69 bits per heavy atom. The molecule has 0 saturated carbocycles. The molecule has 32 heavy (non-hydrogen) atoms. The summed E-state index contributed by atoms with van der Waals surface area (Å²) < 4.78 is 49.7. The number of nitrogens with zero attached hydrogens (tertiary/aromatic N) is 1. The quantitative estimate of drug-likeness (QED) is 0.542. The number of fused-ring (bicyclic) bond motifs is 4. The second kappa shape index (κ2) is 7.90. The number of halogens is 1. The van der Waals surface area contributed by atoms with Gasteiger partial charge in [0.05, 0.1) is 7.11 Å². The Morgan fingerprint density at radius 2 is 1.91 bits per heavy atom. The van der Waals surface area contributed by atoms with E-state index in [0.717, 1.165) is 48.9 Å². The van der Waals surface area contributed by atoms with Crippen LogP contribution in [0.2, 0.25) is 0 Å². The molecule has 0 aromatic heterocycles. The summed E-state index contributed by atoms with van der Waals surface area (Å²) in [6.07, 6.45) is 1.80. The van der Waals surface area contributed by atoms with E-state index < -0.39 is 15.9 Å². The van der Waals surface area contributed by atoms with Crippen LogP contribution in [0, 0.1) is 12.7 Å². The molecule has 3 aromatic rings. The van der Waals surface area contributed by atoms with E-state index in [-0.39, 0.29) is 10.6 Å². The van der Waals surface area contributed by atoms with E-state index in [1.165, 1.54) is 34.9 Å². The predicted octanol–water partition coefficient (Wildman–Crippen LogP) is 4.57. The Labute approximate surface area is 187 Å². The normalized spacial score (nSPS) is 17.8. The molecule has 3 aromatic carbocycles. The molecule has 5 nitrogen and oxygen atoms in total. The highest BCUT2D eigenvalue weighted by atomic mass is 32.2. The third kappa shape index (κ3) is 3.65. The van der Waals surface area contributed by atoms with Crippen molar-refractivity contribution in [2.75, 3.05) is 13.7 Å². The van der Waals surface area contributed by atoms with Gasteiger partial charge in [0.1, 0.15) is 22.2 Å². The molecule has 0 amide bonds. The highest BCUT2D eigenvalue weighted by Gasteiger charge is 2.33. The summed E-state index contributed by atoms with van der Waals surface area (Å²) in [4.78, 5) is 2.24. The Balaban J connectivity index is 1.45. The highest BCUT2D eigenvalue weighted by Crippen LogP contribution is 2.41. The zero-order valence-electron chi connectivity index (χ0n) is 18.0. The van der Waals surface area contributed by atoms with Gasteiger partial charge in [-0.15, -0.1) is 0 Å². The number of hydrogen-bond acceptors (Lipinski definition) is 5. The molecule has 0 N–H and O–H groups in total. The van der Waals surface area contributed by atoms with Crippen LogP contribution in [-0.4, -0.2) is 27.0 Å². The summed E-state index contributed by atoms with van der Waals surface area (Å²) in [5, 5.41) is 0. The molecule has 5 rings (SSSR count). The van der Waals surface area contributed by atoms with Crippen molar-refractivity contribution in [2.24, 2.45) is 0 Å². The van der Waals surface area contributed by atoms with Gasteiger partial charge in [-0.3, -0.25) is 4.90 Å². The number of ether oxygens (including phenoxy) is 1. The van der Waals surface area contributed by atoms with Gasteiger partial charge in [0.25, 0.3) is 0 Å². The van der Waals surface area contributed by atoms with Gasteiger partial charge in [0, 0.05) is 19.1 Å². The summed E-state index contributed by atoms with van der Waals surface area (Å²) >= 11 is 0. The molecular weight excluding hydrogens is 429 g/mol. The standard InChI is InChI=1S/C25H24FNO4S/c1-16-23-15-27-11-10-18-12-20(30-2)7-8-22(18)24(27)13-17(23)6-9-25(16)31-32(28,29)21-5-3-4-19(26)14-21/h3-9,12,14,24H,10-11,13,15H2,1-2H3. The lowest BCUT2D eigenvalue weighted by atomic mass is 9.83. The average Bonchev–Trinajstić information content (AvgIpc) is 2.79. The van der Waals surface area contributed by atoms with Crippen molar-refractivity contribution in [3.8, 4) is 11.5 Å². The number of rotatable bonds is 4. The van der Waals surface area contributed by atoms with Crippen molar-refractivity contribution in [2.45, 2.75) is 37.2 Å². The van der Waals surface area contributed by atoms with E-state index in [9.17, 15) is 12.8 Å². The van der Waals surface area contributed by atoms with Crippen LogP contribution in [0.15, 0.2) is 59.5 Å². The summed E-state index contributed by atoms with van der Waals surface area (Å²) in [5.41, 5.74) is 5.76. The third-order valence-electron chi connectivity index (χ3n) is 6.52. The maximum atomic E-state index is 13.5. The Hall–Kier alpha value is -2.90. The van der Waals surface area contributed by atoms with Gasteiger partial charge in [-0.25, -0.2) is 4.39 Å². The van der Waals surface area contributed by atoms with Crippen LogP contribution in [0.3, 0.4) is 0 Å². The molecule has 0 bridgehead atoms. The molecule has 0 spiro atoms. The zero-order chi connectivity index (χ0) is 22.5. The molecule has 166 valence electrons. The van der Waals surface area contributed by atoms with Gasteiger partial charge in [-0.05, 0) is 84.0 Å². The minimum Gasteiger partial charge on any atom is -0.497 e. The lowest BCUT2D eigenvalue weighted by Crippen LogP contribution is -2.39. The molecule has 0 saturated heterocycles. The Kier molecular flexibility index (Phi) is 5.18. The second-order valence-corrected chi connectivity index (χ2v) is 9.87. The molecule has 7 heteroatoms. The first-order chi connectivity index (χ1) is 15.4. The van der Waals surface area contributed by atoms with Gasteiger partial charge in [0.15, 0.2) is 0 Å². The molecule has 0 aliphatic carbocycles. The van der Waals surface area contributed by atoms with E-state index in [1.54, 1.807) is 13.2 Å². The van der Waals surface area contributed by atoms with Gasteiger partial charge in [-0.1, -0.05) is 18.2 Å². The second-order valence-electron chi connectivity index (χ2n) is 8.33. The van der Waals surface area contributed by atoms with E-state index in [1.807, 2.05) is 19.1 Å². The van der Waals surface area contributed by atoms with Crippen LogP contribution >= 0.6 is 0 Å². The molecule has 2 heterocycles. The molecule has 1 unspecified atom stereocenters. The monoisotopic (exact) mass is 453 g/mol. The molecular formula is C25H24FNO4S. The van der Waals surface area contributed by atoms with Crippen molar-refractivity contribution >= 4 is 10.1 Å². The maximum Gasteiger partial charge on any atom is 0.339 e. The lowest BCUT2D eigenvalue weighted by molar-refractivity contribution is 0.160. The fraction of sp³-hybridized carbons (Fsp3) is 0.280. The first-order valence-electron chi connectivity index (χ1n) is 10.6. The fourth-order valence-electron chi connectivity index (χ4n) is 4.79. The highest BCUT2D eigenvalue weighted by molar-refractivity contribution is 7.87. The number of hydrogen-bond donors (Lipinski definition) is 0. The molecule has 2 aliphatic heterocycles. The maximum absolute atomic E-state index is 13.5. The largest absolute Gasteiger partial charge is 0.497 e. The van der Waals surface area contributed by atoms with Crippen LogP contribution in [0.25, 0.3) is 0 Å². The summed E-state index contributed by atoms with van der Waals surface area (Å²) in [7, 11) is -2.44. The van der Waals surface area contributed by atoms with Crippen LogP contribution in [0.5, 0.6) is 11.5 Å². The summed E-state index contributed by atoms with van der Waals surface area (Å²) in [6.45, 7) is 3.54. The van der Waals surface area contributed by atoms with E-state index in [0.29, 0.717) is 6.04 Å². The average molecular weight is 454 g/mol. The van der Waals surface area contributed by atoms with Crippen LogP contribution in [0.1, 0.15) is 33.9 Å². The van der Waals surface area contributed by atoms with Crippen LogP contribution < -0.4 is 8.92 Å². The summed E-state index contributed by atoms with van der Waals surface area (Å²) in [6, 6.07) is 15.1. The van der Waals surface area contributed by atoms with Gasteiger partial charge >= 0.3 is 10.1 Å². The fourth-order valence-corrected chi connectivity index (χ4v) is 5.80. The number of methoxy groups -OCH3 is 1. The minimum atomic E-state index is -4.12.